The van der Waals surface area contributed by atoms with Crippen molar-refractivity contribution in [2.24, 2.45) is 11.8 Å². The Balaban J connectivity index is 0.000000167. The third kappa shape index (κ3) is 8.97. The number of rotatable bonds is 13. The fraction of sp³-hybridized carbons (Fsp3) is 0.286. The van der Waals surface area contributed by atoms with E-state index in [-0.39, 0.29) is 11.8 Å². The molecule has 0 unspecified atom stereocenters. The van der Waals surface area contributed by atoms with E-state index in [1.54, 1.807) is 12.4 Å². The Kier molecular flexibility index (Phi) is 11.3. The molecule has 2 saturated carbocycles. The third-order valence-electron chi connectivity index (χ3n) is 10.9. The predicted molar refractivity (Wildman–Crippen MR) is 245 cm³/mol. The van der Waals surface area contributed by atoms with Crippen molar-refractivity contribution in [2.75, 3.05) is 23.7 Å². The quantitative estimate of drug-likeness (QED) is 0.0892. The lowest BCUT2D eigenvalue weighted by atomic mass is 10.1. The number of benzene rings is 3. The van der Waals surface area contributed by atoms with E-state index in [0.717, 1.165) is 106 Å². The maximum absolute atomic E-state index is 12.4. The summed E-state index contributed by atoms with van der Waals surface area (Å²) in [6.07, 6.45) is 15.6. The van der Waals surface area contributed by atoms with Crippen LogP contribution in [0.2, 0.25) is 0 Å². The van der Waals surface area contributed by atoms with Crippen LogP contribution in [0.1, 0.15) is 74.1 Å². The first kappa shape index (κ1) is 40.3. The van der Waals surface area contributed by atoms with Gasteiger partial charge >= 0.3 is 0 Å². The number of anilines is 2. The lowest BCUT2D eigenvalue weighted by Crippen LogP contribution is -2.25. The van der Waals surface area contributed by atoms with Gasteiger partial charge in [-0.1, -0.05) is 70.2 Å². The SMILES string of the molecule is CC(C)CNc1nc(-c2cccc3ncccc23)cn2c(-c3ccc(C(=O)NC4CC4)cc3)cnc12.CC(C)CNc1nccn2c(-c3ccc(C(=O)NC4CC4)cc3)cnc12. The number of nitrogens with one attached hydrogen (secondary N) is 4. The first-order chi connectivity index (χ1) is 30.2. The number of hydrogen-bond acceptors (Lipinski definition) is 9. The van der Waals surface area contributed by atoms with E-state index in [9.17, 15) is 9.59 Å². The van der Waals surface area contributed by atoms with E-state index in [1.807, 2.05) is 95.9 Å². The summed E-state index contributed by atoms with van der Waals surface area (Å²) in [5.41, 5.74) is 9.63. The van der Waals surface area contributed by atoms with Crippen LogP contribution in [0.15, 0.2) is 116 Å². The Morgan fingerprint density at radius 1 is 0.629 bits per heavy atom. The van der Waals surface area contributed by atoms with E-state index in [4.69, 9.17) is 9.97 Å². The van der Waals surface area contributed by atoms with Crippen LogP contribution in [0, 0.1) is 11.8 Å². The topological polar surface area (TPSA) is 156 Å². The van der Waals surface area contributed by atoms with Crippen molar-refractivity contribution in [1.82, 2.24) is 44.4 Å². The highest BCUT2D eigenvalue weighted by molar-refractivity contribution is 5.96. The van der Waals surface area contributed by atoms with Gasteiger partial charge in [-0.3, -0.25) is 23.4 Å². The molecule has 314 valence electrons. The number of pyridine rings is 1. The summed E-state index contributed by atoms with van der Waals surface area (Å²) < 4.78 is 4.11. The molecule has 0 saturated heterocycles. The van der Waals surface area contributed by atoms with E-state index in [2.05, 4.69) is 80.4 Å². The van der Waals surface area contributed by atoms with Gasteiger partial charge in [-0.15, -0.1) is 0 Å². The van der Waals surface area contributed by atoms with Crippen LogP contribution in [-0.4, -0.2) is 70.7 Å². The van der Waals surface area contributed by atoms with Crippen molar-refractivity contribution < 1.29 is 9.59 Å². The molecule has 4 N–H and O–H groups in total. The monoisotopic (exact) mass is 825 g/mol. The van der Waals surface area contributed by atoms with Crippen molar-refractivity contribution in [3.8, 4) is 33.8 Å². The largest absolute Gasteiger partial charge is 0.367 e. The molecule has 62 heavy (non-hydrogen) atoms. The van der Waals surface area contributed by atoms with Gasteiger partial charge in [-0.2, -0.15) is 0 Å². The molecule has 5 heterocycles. The second-order valence-electron chi connectivity index (χ2n) is 17.0. The van der Waals surface area contributed by atoms with Crippen molar-refractivity contribution >= 4 is 45.6 Å². The van der Waals surface area contributed by atoms with Crippen molar-refractivity contribution in [3.63, 3.8) is 0 Å². The van der Waals surface area contributed by atoms with Crippen LogP contribution >= 0.6 is 0 Å². The van der Waals surface area contributed by atoms with E-state index in [1.165, 1.54) is 0 Å². The number of hydrogen-bond donors (Lipinski definition) is 4. The van der Waals surface area contributed by atoms with Crippen LogP contribution in [0.5, 0.6) is 0 Å². The van der Waals surface area contributed by atoms with Crippen LogP contribution in [0.4, 0.5) is 11.6 Å². The number of carbonyl (C=O) groups excluding carboxylic acids is 2. The Bertz CT molecular complexity index is 2870. The molecule has 0 atom stereocenters. The number of fused-ring (bicyclic) bond motifs is 3. The lowest BCUT2D eigenvalue weighted by molar-refractivity contribution is 0.0942. The van der Waals surface area contributed by atoms with E-state index >= 15 is 0 Å². The number of amides is 2. The van der Waals surface area contributed by atoms with E-state index < -0.39 is 0 Å². The molecule has 2 aliphatic rings. The summed E-state index contributed by atoms with van der Waals surface area (Å²) in [5.74, 6) is 2.50. The average molecular weight is 826 g/mol. The van der Waals surface area contributed by atoms with Gasteiger partial charge in [0, 0.05) is 83.2 Å². The summed E-state index contributed by atoms with van der Waals surface area (Å²) >= 11 is 0. The minimum atomic E-state index is -0.0154. The molecule has 2 amide bonds. The highest BCUT2D eigenvalue weighted by Gasteiger charge is 2.25. The Labute approximate surface area is 360 Å². The van der Waals surface area contributed by atoms with Crippen LogP contribution in [-0.2, 0) is 0 Å². The summed E-state index contributed by atoms with van der Waals surface area (Å²) in [5, 5.41) is 14.0. The highest BCUT2D eigenvalue weighted by atomic mass is 16.2. The third-order valence-corrected chi connectivity index (χ3v) is 10.9. The molecular weight excluding hydrogens is 775 g/mol. The summed E-state index contributed by atoms with van der Waals surface area (Å²) in [6, 6.07) is 26.2. The molecule has 2 aliphatic carbocycles. The second kappa shape index (κ2) is 17.4. The van der Waals surface area contributed by atoms with Gasteiger partial charge in [-0.05, 0) is 73.9 Å². The molecule has 10 rings (SSSR count). The maximum atomic E-state index is 12.4. The molecule has 3 aromatic carbocycles. The molecule has 0 radical (unpaired) electrons. The minimum absolute atomic E-state index is 0.00145. The van der Waals surface area contributed by atoms with Crippen LogP contribution < -0.4 is 21.3 Å². The molecule has 0 bridgehead atoms. The van der Waals surface area contributed by atoms with Crippen molar-refractivity contribution in [2.45, 2.75) is 65.5 Å². The average Bonchev–Trinajstić information content (AvgIpc) is 4.21. The molecular formula is C49H51N11O2. The molecule has 13 heteroatoms. The summed E-state index contributed by atoms with van der Waals surface area (Å²) in [7, 11) is 0. The maximum Gasteiger partial charge on any atom is 0.251 e. The van der Waals surface area contributed by atoms with Gasteiger partial charge < -0.3 is 21.3 Å². The van der Waals surface area contributed by atoms with Gasteiger partial charge in [0.15, 0.2) is 22.9 Å². The first-order valence-corrected chi connectivity index (χ1v) is 21.5. The number of imidazole rings is 2. The normalized spacial score (nSPS) is 13.6. The van der Waals surface area contributed by atoms with Crippen molar-refractivity contribution in [1.29, 1.82) is 0 Å². The molecule has 13 nitrogen and oxygen atoms in total. The fourth-order valence-corrected chi connectivity index (χ4v) is 7.21. The van der Waals surface area contributed by atoms with Gasteiger partial charge in [0.25, 0.3) is 11.8 Å². The minimum Gasteiger partial charge on any atom is -0.367 e. The van der Waals surface area contributed by atoms with Crippen molar-refractivity contribution in [3.05, 3.63) is 127 Å². The number of carbonyl (C=O) groups is 2. The summed E-state index contributed by atoms with van der Waals surface area (Å²) in [6.45, 7) is 10.3. The molecule has 5 aromatic heterocycles. The predicted octanol–water partition coefficient (Wildman–Crippen LogP) is 8.93. The van der Waals surface area contributed by atoms with Gasteiger partial charge in [0.1, 0.15) is 0 Å². The molecule has 0 spiro atoms. The molecule has 2 fully saturated rings. The summed E-state index contributed by atoms with van der Waals surface area (Å²) in [4.78, 5) is 47.7. The number of nitrogens with zero attached hydrogens (tertiary/aromatic N) is 7. The zero-order chi connectivity index (χ0) is 42.7. The zero-order valence-corrected chi connectivity index (χ0v) is 35.5. The smallest absolute Gasteiger partial charge is 0.251 e. The Morgan fingerprint density at radius 2 is 1.19 bits per heavy atom. The standard InChI is InChI=1S/C29H28N6O.C20H23N5O/c1-18(2)15-31-27-28-32-16-26(19-8-10-20(11-9-19)29(36)33-21-12-13-21)35(28)17-25(34-27)23-5-3-7-24-22(23)6-4-14-30-24;1-13(2)11-22-18-19-23-12-17(25(19)10-9-21-18)14-3-5-15(6-4-14)20(26)24-16-7-8-16/h3-11,14,16-18,21H,12-13,15H2,1-2H3,(H,31,34)(H,33,36);3-6,9-10,12-13,16H,7-8,11H2,1-2H3,(H,21,22)(H,24,26). The Hall–Kier alpha value is -7.15. The molecule has 0 aliphatic heterocycles. The van der Waals surface area contributed by atoms with Crippen LogP contribution in [0.25, 0.3) is 56.0 Å². The second-order valence-corrected chi connectivity index (χ2v) is 17.0. The lowest BCUT2D eigenvalue weighted by Gasteiger charge is -2.13. The van der Waals surface area contributed by atoms with Gasteiger partial charge in [0.05, 0.1) is 35.0 Å². The van der Waals surface area contributed by atoms with Crippen LogP contribution in [0.3, 0.4) is 0 Å². The van der Waals surface area contributed by atoms with Gasteiger partial charge in [0.2, 0.25) is 0 Å². The van der Waals surface area contributed by atoms with Gasteiger partial charge in [-0.25, -0.2) is 19.9 Å². The molecule has 8 aromatic rings. The van der Waals surface area contributed by atoms with E-state index in [0.29, 0.717) is 35.0 Å². The fourth-order valence-electron chi connectivity index (χ4n) is 7.21. The number of aromatic nitrogens is 7. The zero-order valence-electron chi connectivity index (χ0n) is 35.5. The Morgan fingerprint density at radius 3 is 1.77 bits per heavy atom. The highest BCUT2D eigenvalue weighted by Crippen LogP contribution is 2.32. The first-order valence-electron chi connectivity index (χ1n) is 21.5.